The van der Waals surface area contributed by atoms with Crippen LogP contribution in [-0.4, -0.2) is 25.4 Å². The topological polar surface area (TPSA) is 92.6 Å². The second kappa shape index (κ2) is 6.94. The van der Waals surface area contributed by atoms with Crippen LogP contribution in [0.1, 0.15) is 31.9 Å². The van der Waals surface area contributed by atoms with Gasteiger partial charge in [-0.25, -0.2) is 13.1 Å². The van der Waals surface area contributed by atoms with E-state index in [0.29, 0.717) is 18.8 Å². The Kier molecular flexibility index (Phi) is 4.96. The van der Waals surface area contributed by atoms with Crippen LogP contribution in [0.3, 0.4) is 0 Å². The maximum Gasteiger partial charge on any atom is 0.293 e. The van der Waals surface area contributed by atoms with E-state index in [-0.39, 0.29) is 10.6 Å². The highest BCUT2D eigenvalue weighted by atomic mass is 32.2. The summed E-state index contributed by atoms with van der Waals surface area (Å²) >= 11 is 0. The van der Waals surface area contributed by atoms with Crippen molar-refractivity contribution in [3.63, 3.8) is 0 Å². The molecule has 0 atom stereocenters. The molecule has 1 aliphatic rings. The van der Waals surface area contributed by atoms with Gasteiger partial charge in [0.25, 0.3) is 5.69 Å². The van der Waals surface area contributed by atoms with Gasteiger partial charge in [0, 0.05) is 24.7 Å². The summed E-state index contributed by atoms with van der Waals surface area (Å²) < 4.78 is 27.6. The second-order valence-electron chi connectivity index (χ2n) is 7.70. The van der Waals surface area contributed by atoms with Gasteiger partial charge in [0.15, 0.2) is 0 Å². The molecule has 0 saturated carbocycles. The summed E-state index contributed by atoms with van der Waals surface area (Å²) in [5.74, 6) is 0. The molecule has 8 heteroatoms. The van der Waals surface area contributed by atoms with Crippen LogP contribution in [0.2, 0.25) is 0 Å². The van der Waals surface area contributed by atoms with Crippen LogP contribution in [0.4, 0.5) is 11.4 Å². The molecule has 0 unspecified atom stereocenters. The highest BCUT2D eigenvalue weighted by Gasteiger charge is 2.28. The minimum atomic E-state index is -3.84. The minimum Gasteiger partial charge on any atom is -0.361 e. The molecule has 27 heavy (non-hydrogen) atoms. The Hall–Kier alpha value is -2.45. The monoisotopic (exact) mass is 389 g/mol. The zero-order valence-electron chi connectivity index (χ0n) is 15.6. The number of nitro benzene ring substituents is 1. The third kappa shape index (κ3) is 4.28. The Balaban J connectivity index is 1.98. The van der Waals surface area contributed by atoms with E-state index in [4.69, 9.17) is 0 Å². The number of nitrogens with zero attached hydrogens (tertiary/aromatic N) is 2. The van der Waals surface area contributed by atoms with E-state index in [1.165, 1.54) is 17.7 Å². The van der Waals surface area contributed by atoms with Gasteiger partial charge in [0.1, 0.15) is 5.69 Å². The van der Waals surface area contributed by atoms with Crippen molar-refractivity contribution in [3.05, 3.63) is 63.7 Å². The molecule has 2 aromatic carbocycles. The van der Waals surface area contributed by atoms with Crippen LogP contribution in [0, 0.1) is 10.1 Å². The van der Waals surface area contributed by atoms with Crippen molar-refractivity contribution >= 4 is 21.4 Å². The van der Waals surface area contributed by atoms with Crippen molar-refractivity contribution < 1.29 is 13.3 Å². The summed E-state index contributed by atoms with van der Waals surface area (Å²) in [6.07, 6.45) is 0.791. The molecular formula is C19H23N3O4S. The zero-order valence-corrected chi connectivity index (χ0v) is 16.4. The average Bonchev–Trinajstić information content (AvgIpc) is 2.58. The quantitative estimate of drug-likeness (QED) is 0.640. The van der Waals surface area contributed by atoms with Gasteiger partial charge in [-0.3, -0.25) is 10.1 Å². The van der Waals surface area contributed by atoms with E-state index in [0.717, 1.165) is 18.1 Å². The molecule has 0 spiro atoms. The Bertz CT molecular complexity index is 981. The Labute approximate surface area is 159 Å². The lowest BCUT2D eigenvalue weighted by Gasteiger charge is -2.30. The van der Waals surface area contributed by atoms with E-state index < -0.39 is 20.5 Å². The van der Waals surface area contributed by atoms with Crippen molar-refractivity contribution in [1.82, 2.24) is 4.72 Å². The lowest BCUT2D eigenvalue weighted by Crippen LogP contribution is -2.40. The highest BCUT2D eigenvalue weighted by Crippen LogP contribution is 2.34. The van der Waals surface area contributed by atoms with Crippen LogP contribution in [0.25, 0.3) is 0 Å². The number of anilines is 1. The molecule has 1 aliphatic heterocycles. The standard InChI is InChI=1S/C19H23N3O4S/c1-19(2,3)20-27(25,26)16-8-9-17(18(12-16)22(23)24)21-11-10-14-6-4-5-7-15(14)13-21/h4-9,12,20H,10-11,13H2,1-3H3. The molecule has 2 aromatic rings. The van der Waals surface area contributed by atoms with Gasteiger partial charge in [0.2, 0.25) is 10.0 Å². The fourth-order valence-electron chi connectivity index (χ4n) is 3.25. The second-order valence-corrected chi connectivity index (χ2v) is 9.39. The summed E-state index contributed by atoms with van der Waals surface area (Å²) in [7, 11) is -3.84. The lowest BCUT2D eigenvalue weighted by molar-refractivity contribution is -0.384. The normalized spacial score (nSPS) is 14.7. The molecule has 0 amide bonds. The molecule has 0 radical (unpaired) electrons. The Morgan fingerprint density at radius 3 is 2.41 bits per heavy atom. The third-order valence-electron chi connectivity index (χ3n) is 4.37. The van der Waals surface area contributed by atoms with Crippen molar-refractivity contribution in [2.45, 2.75) is 44.2 Å². The number of fused-ring (bicyclic) bond motifs is 1. The van der Waals surface area contributed by atoms with Gasteiger partial charge in [-0.15, -0.1) is 0 Å². The summed E-state index contributed by atoms with van der Waals surface area (Å²) in [6.45, 7) is 6.36. The third-order valence-corrected chi connectivity index (χ3v) is 6.12. The van der Waals surface area contributed by atoms with Gasteiger partial charge in [-0.2, -0.15) is 0 Å². The maximum atomic E-state index is 12.5. The molecule has 3 rings (SSSR count). The average molecular weight is 389 g/mol. The van der Waals surface area contributed by atoms with Crippen molar-refractivity contribution in [2.75, 3.05) is 11.4 Å². The van der Waals surface area contributed by atoms with Gasteiger partial charge >= 0.3 is 0 Å². The maximum absolute atomic E-state index is 12.5. The first-order valence-electron chi connectivity index (χ1n) is 8.71. The number of nitro groups is 1. The van der Waals surface area contributed by atoms with Crippen LogP contribution >= 0.6 is 0 Å². The van der Waals surface area contributed by atoms with Gasteiger partial charge in [-0.05, 0) is 50.5 Å². The molecule has 1 heterocycles. The number of hydrogen-bond donors (Lipinski definition) is 1. The first-order chi connectivity index (χ1) is 12.6. The smallest absolute Gasteiger partial charge is 0.293 e. The van der Waals surface area contributed by atoms with Crippen molar-refractivity contribution in [1.29, 1.82) is 0 Å². The lowest BCUT2D eigenvalue weighted by atomic mass is 9.99. The number of nitrogens with one attached hydrogen (secondary N) is 1. The largest absolute Gasteiger partial charge is 0.361 e. The minimum absolute atomic E-state index is 0.106. The Morgan fingerprint density at radius 2 is 1.78 bits per heavy atom. The summed E-state index contributed by atoms with van der Waals surface area (Å²) in [5.41, 5.74) is 1.92. The molecule has 0 fully saturated rings. The van der Waals surface area contributed by atoms with Crippen LogP contribution in [-0.2, 0) is 23.0 Å². The zero-order chi connectivity index (χ0) is 19.8. The van der Waals surface area contributed by atoms with Gasteiger partial charge in [0.05, 0.1) is 9.82 Å². The molecule has 1 N–H and O–H groups in total. The van der Waals surface area contributed by atoms with Crippen LogP contribution < -0.4 is 9.62 Å². The molecule has 144 valence electrons. The van der Waals surface area contributed by atoms with E-state index in [9.17, 15) is 18.5 Å². The SMILES string of the molecule is CC(C)(C)NS(=O)(=O)c1ccc(N2CCc3ccccc3C2)c([N+](=O)[O-])c1. The first-order valence-corrected chi connectivity index (χ1v) is 10.2. The van der Waals surface area contributed by atoms with E-state index in [1.807, 2.05) is 23.1 Å². The summed E-state index contributed by atoms with van der Waals surface area (Å²) in [6, 6.07) is 12.1. The van der Waals surface area contributed by atoms with Crippen molar-refractivity contribution in [2.24, 2.45) is 0 Å². The molecule has 0 bridgehead atoms. The van der Waals surface area contributed by atoms with Gasteiger partial charge in [-0.1, -0.05) is 24.3 Å². The van der Waals surface area contributed by atoms with Gasteiger partial charge < -0.3 is 4.90 Å². The van der Waals surface area contributed by atoms with Crippen LogP contribution in [0.15, 0.2) is 47.4 Å². The van der Waals surface area contributed by atoms with Crippen molar-refractivity contribution in [3.8, 4) is 0 Å². The highest BCUT2D eigenvalue weighted by molar-refractivity contribution is 7.89. The number of hydrogen-bond acceptors (Lipinski definition) is 5. The Morgan fingerprint density at radius 1 is 1.11 bits per heavy atom. The summed E-state index contributed by atoms with van der Waals surface area (Å²) in [5, 5.41) is 11.6. The number of benzene rings is 2. The predicted octanol–water partition coefficient (Wildman–Crippen LogP) is 3.23. The molecule has 7 nitrogen and oxygen atoms in total. The molecule has 0 saturated heterocycles. The fourth-order valence-corrected chi connectivity index (χ4v) is 4.69. The molecular weight excluding hydrogens is 366 g/mol. The van der Waals surface area contributed by atoms with E-state index in [1.54, 1.807) is 20.8 Å². The first kappa shape index (κ1) is 19.3. The summed E-state index contributed by atoms with van der Waals surface area (Å²) in [4.78, 5) is 12.9. The van der Waals surface area contributed by atoms with E-state index >= 15 is 0 Å². The predicted molar refractivity (Wildman–Crippen MR) is 104 cm³/mol. The van der Waals surface area contributed by atoms with Crippen LogP contribution in [0.5, 0.6) is 0 Å². The fraction of sp³-hybridized carbons (Fsp3) is 0.368. The molecule has 0 aliphatic carbocycles. The number of sulfonamides is 1. The number of rotatable bonds is 4. The van der Waals surface area contributed by atoms with E-state index in [2.05, 4.69) is 10.8 Å². The molecule has 0 aromatic heterocycles.